The number of carbonyl (C=O) groups is 2. The molecule has 2 aromatic carbocycles. The molecule has 2 aromatic rings. The molecule has 0 unspecified atom stereocenters. The van der Waals surface area contributed by atoms with E-state index in [1.807, 2.05) is 36.4 Å². The highest BCUT2D eigenvalue weighted by atomic mass is 16.5. The Hall–Kier alpha value is -2.36. The Morgan fingerprint density at radius 1 is 1.04 bits per heavy atom. The second-order valence-corrected chi connectivity index (χ2v) is 5.46. The minimum atomic E-state index is -0.265. The third-order valence-electron chi connectivity index (χ3n) is 3.66. The number of amides is 1. The number of carbonyl (C=O) groups excluding carboxylic acids is 2. The van der Waals surface area contributed by atoms with Crippen molar-refractivity contribution in [1.29, 1.82) is 0 Å². The summed E-state index contributed by atoms with van der Waals surface area (Å²) in [6.07, 6.45) is 3.25. The van der Waals surface area contributed by atoms with E-state index in [1.54, 1.807) is 6.07 Å². The summed E-state index contributed by atoms with van der Waals surface area (Å²) in [5, 5.41) is 4.72. The van der Waals surface area contributed by atoms with Gasteiger partial charge in [-0.1, -0.05) is 56.2 Å². The van der Waals surface area contributed by atoms with Gasteiger partial charge in [-0.3, -0.25) is 9.59 Å². The second kappa shape index (κ2) is 8.93. The van der Waals surface area contributed by atoms with Gasteiger partial charge in [-0.2, -0.15) is 0 Å². The van der Waals surface area contributed by atoms with Crippen LogP contribution in [0.2, 0.25) is 0 Å². The maximum Gasteiger partial charge on any atom is 0.307 e. The van der Waals surface area contributed by atoms with E-state index in [9.17, 15) is 9.59 Å². The van der Waals surface area contributed by atoms with Gasteiger partial charge in [0.1, 0.15) is 0 Å². The lowest BCUT2D eigenvalue weighted by molar-refractivity contribution is -0.143. The van der Waals surface area contributed by atoms with Crippen molar-refractivity contribution < 1.29 is 14.3 Å². The topological polar surface area (TPSA) is 55.4 Å². The third-order valence-corrected chi connectivity index (χ3v) is 3.66. The van der Waals surface area contributed by atoms with Crippen LogP contribution in [-0.2, 0) is 9.53 Å². The van der Waals surface area contributed by atoms with Gasteiger partial charge in [-0.05, 0) is 23.3 Å². The monoisotopic (exact) mass is 313 g/mol. The van der Waals surface area contributed by atoms with Crippen molar-refractivity contribution >= 4 is 22.6 Å². The number of ether oxygens (including phenoxy) is 1. The van der Waals surface area contributed by atoms with Crippen LogP contribution in [0.4, 0.5) is 0 Å². The third kappa shape index (κ3) is 5.09. The molecule has 0 aliphatic carbocycles. The molecule has 0 aromatic heterocycles. The number of nitrogens with one attached hydrogen (secondary N) is 1. The lowest BCUT2D eigenvalue weighted by Gasteiger charge is -2.08. The van der Waals surface area contributed by atoms with E-state index in [0.717, 1.165) is 30.0 Å². The lowest BCUT2D eigenvalue weighted by Crippen LogP contribution is -2.26. The number of fused-ring (bicyclic) bond motifs is 1. The van der Waals surface area contributed by atoms with Crippen molar-refractivity contribution in [2.45, 2.75) is 32.6 Å². The van der Waals surface area contributed by atoms with Crippen molar-refractivity contribution in [2.75, 3.05) is 13.2 Å². The van der Waals surface area contributed by atoms with E-state index >= 15 is 0 Å². The Bertz CT molecular complexity index is 661. The van der Waals surface area contributed by atoms with Crippen LogP contribution < -0.4 is 5.32 Å². The molecular formula is C19H23NO3. The number of esters is 1. The zero-order chi connectivity index (χ0) is 16.5. The Morgan fingerprint density at radius 2 is 1.83 bits per heavy atom. The van der Waals surface area contributed by atoms with Gasteiger partial charge in [-0.25, -0.2) is 0 Å². The number of benzene rings is 2. The van der Waals surface area contributed by atoms with Gasteiger partial charge in [0, 0.05) is 12.1 Å². The van der Waals surface area contributed by atoms with Crippen LogP contribution in [-0.4, -0.2) is 25.0 Å². The fourth-order valence-electron chi connectivity index (χ4n) is 2.41. The number of unbranched alkanes of at least 4 members (excludes halogenated alkanes) is 2. The summed E-state index contributed by atoms with van der Waals surface area (Å²) in [6.45, 7) is 2.85. The molecule has 0 aliphatic heterocycles. The first-order chi connectivity index (χ1) is 11.2. The number of hydrogen-bond acceptors (Lipinski definition) is 3. The Kier molecular flexibility index (Phi) is 6.60. The molecule has 0 saturated carbocycles. The number of hydrogen-bond donors (Lipinski definition) is 1. The van der Waals surface area contributed by atoms with Gasteiger partial charge < -0.3 is 10.1 Å². The van der Waals surface area contributed by atoms with Crippen LogP contribution in [0.3, 0.4) is 0 Å². The Morgan fingerprint density at radius 3 is 2.65 bits per heavy atom. The molecule has 1 amide bonds. The summed E-state index contributed by atoms with van der Waals surface area (Å²) in [5.74, 6) is -0.431. The van der Waals surface area contributed by atoms with E-state index in [4.69, 9.17) is 4.74 Å². The minimum Gasteiger partial charge on any atom is -0.466 e. The van der Waals surface area contributed by atoms with E-state index < -0.39 is 0 Å². The highest BCUT2D eigenvalue weighted by molar-refractivity contribution is 6.07. The van der Waals surface area contributed by atoms with E-state index in [1.165, 1.54) is 0 Å². The maximum absolute atomic E-state index is 12.3. The van der Waals surface area contributed by atoms with Crippen molar-refractivity contribution in [3.8, 4) is 0 Å². The summed E-state index contributed by atoms with van der Waals surface area (Å²) >= 11 is 0. The molecule has 0 atom stereocenters. The fraction of sp³-hybridized carbons (Fsp3) is 0.368. The zero-order valence-corrected chi connectivity index (χ0v) is 13.5. The SMILES string of the molecule is CCCCCOC(=O)CCNC(=O)c1cccc2ccccc12. The summed E-state index contributed by atoms with van der Waals surface area (Å²) in [7, 11) is 0. The molecular weight excluding hydrogens is 290 g/mol. The highest BCUT2D eigenvalue weighted by Gasteiger charge is 2.10. The molecule has 4 nitrogen and oxygen atoms in total. The highest BCUT2D eigenvalue weighted by Crippen LogP contribution is 2.18. The van der Waals surface area contributed by atoms with Crippen molar-refractivity contribution in [3.63, 3.8) is 0 Å². The molecule has 4 heteroatoms. The molecule has 1 N–H and O–H groups in total. The Balaban J connectivity index is 1.82. The molecule has 0 saturated heterocycles. The van der Waals surface area contributed by atoms with E-state index in [-0.39, 0.29) is 24.8 Å². The molecule has 0 spiro atoms. The number of rotatable bonds is 8. The van der Waals surface area contributed by atoms with E-state index in [0.29, 0.717) is 12.2 Å². The quantitative estimate of drug-likeness (QED) is 0.597. The predicted molar refractivity (Wildman–Crippen MR) is 91.4 cm³/mol. The lowest BCUT2D eigenvalue weighted by atomic mass is 10.0. The molecule has 0 bridgehead atoms. The standard InChI is InChI=1S/C19H23NO3/c1-2-3-6-14-23-18(21)12-13-20-19(22)17-11-7-9-15-8-4-5-10-16(15)17/h4-5,7-11H,2-3,6,12-14H2,1H3,(H,20,22). The van der Waals surface area contributed by atoms with Gasteiger partial charge in [0.25, 0.3) is 5.91 Å². The Labute approximate surface area is 136 Å². The molecule has 0 aliphatic rings. The van der Waals surface area contributed by atoms with Crippen LogP contribution in [0, 0.1) is 0 Å². The zero-order valence-electron chi connectivity index (χ0n) is 13.5. The van der Waals surface area contributed by atoms with E-state index in [2.05, 4.69) is 12.2 Å². The van der Waals surface area contributed by atoms with Crippen LogP contribution in [0.5, 0.6) is 0 Å². The smallest absolute Gasteiger partial charge is 0.307 e. The normalized spacial score (nSPS) is 10.5. The van der Waals surface area contributed by atoms with Crippen LogP contribution in [0.15, 0.2) is 42.5 Å². The van der Waals surface area contributed by atoms with Crippen molar-refractivity contribution in [1.82, 2.24) is 5.32 Å². The average molecular weight is 313 g/mol. The summed E-state index contributed by atoms with van der Waals surface area (Å²) < 4.78 is 5.11. The van der Waals surface area contributed by atoms with Crippen LogP contribution >= 0.6 is 0 Å². The summed E-state index contributed by atoms with van der Waals surface area (Å²) in [5.41, 5.74) is 0.624. The fourth-order valence-corrected chi connectivity index (χ4v) is 2.41. The van der Waals surface area contributed by atoms with Gasteiger partial charge in [-0.15, -0.1) is 0 Å². The first-order valence-electron chi connectivity index (χ1n) is 8.14. The predicted octanol–water partition coefficient (Wildman–Crippen LogP) is 3.69. The molecule has 0 heterocycles. The van der Waals surface area contributed by atoms with Crippen LogP contribution in [0.25, 0.3) is 10.8 Å². The summed E-state index contributed by atoms with van der Waals surface area (Å²) in [4.78, 5) is 23.8. The first kappa shape index (κ1) is 17.0. The van der Waals surface area contributed by atoms with Gasteiger partial charge in [0.15, 0.2) is 0 Å². The average Bonchev–Trinajstić information content (AvgIpc) is 2.58. The summed E-state index contributed by atoms with van der Waals surface area (Å²) in [6, 6.07) is 13.4. The molecule has 0 fully saturated rings. The van der Waals surface area contributed by atoms with Gasteiger partial charge >= 0.3 is 5.97 Å². The molecule has 122 valence electrons. The largest absolute Gasteiger partial charge is 0.466 e. The first-order valence-corrected chi connectivity index (χ1v) is 8.14. The molecule has 2 rings (SSSR count). The maximum atomic E-state index is 12.3. The second-order valence-electron chi connectivity index (χ2n) is 5.46. The van der Waals surface area contributed by atoms with Gasteiger partial charge in [0.2, 0.25) is 0 Å². The molecule has 0 radical (unpaired) electrons. The molecule has 23 heavy (non-hydrogen) atoms. The van der Waals surface area contributed by atoms with Crippen LogP contribution in [0.1, 0.15) is 43.0 Å². The van der Waals surface area contributed by atoms with Crippen molar-refractivity contribution in [2.24, 2.45) is 0 Å². The van der Waals surface area contributed by atoms with Crippen molar-refractivity contribution in [3.05, 3.63) is 48.0 Å². The van der Waals surface area contributed by atoms with Gasteiger partial charge in [0.05, 0.1) is 13.0 Å². The minimum absolute atomic E-state index is 0.166.